The fourth-order valence-electron chi connectivity index (χ4n) is 1.55. The van der Waals surface area contributed by atoms with E-state index in [1.54, 1.807) is 0 Å². The Hall–Kier alpha value is -0.800. The zero-order valence-electron chi connectivity index (χ0n) is 7.50. The molecule has 1 fully saturated rings. The van der Waals surface area contributed by atoms with Crippen LogP contribution in [0.5, 0.6) is 5.75 Å². The van der Waals surface area contributed by atoms with Crippen LogP contribution in [-0.4, -0.2) is 5.11 Å². The molecule has 14 heavy (non-hydrogen) atoms. The predicted octanol–water partition coefficient (Wildman–Crippen LogP) is 2.59. The van der Waals surface area contributed by atoms with Gasteiger partial charge in [0.1, 0.15) is 11.6 Å². The summed E-state index contributed by atoms with van der Waals surface area (Å²) in [4.78, 5) is 0. The van der Waals surface area contributed by atoms with E-state index in [2.05, 4.69) is 0 Å². The summed E-state index contributed by atoms with van der Waals surface area (Å²) in [6.07, 6.45) is 2.07. The predicted molar refractivity (Wildman–Crippen MR) is 52.7 cm³/mol. The molecule has 3 N–H and O–H groups in total. The van der Waals surface area contributed by atoms with Crippen LogP contribution in [0.1, 0.15) is 24.4 Å². The Balaban J connectivity index is 2.39. The molecule has 1 unspecified atom stereocenters. The van der Waals surface area contributed by atoms with Crippen molar-refractivity contribution < 1.29 is 9.50 Å². The molecule has 1 atom stereocenters. The van der Waals surface area contributed by atoms with Gasteiger partial charge in [0.2, 0.25) is 0 Å². The van der Waals surface area contributed by atoms with Crippen molar-refractivity contribution in [3.8, 4) is 5.75 Å². The van der Waals surface area contributed by atoms with Gasteiger partial charge in [0, 0.05) is 11.6 Å². The summed E-state index contributed by atoms with van der Waals surface area (Å²) in [5.74, 6) is -0.190. The van der Waals surface area contributed by atoms with Gasteiger partial charge in [-0.25, -0.2) is 4.39 Å². The molecule has 1 saturated carbocycles. The molecule has 0 saturated heterocycles. The van der Waals surface area contributed by atoms with Crippen molar-refractivity contribution in [3.05, 3.63) is 28.5 Å². The van der Waals surface area contributed by atoms with Crippen LogP contribution in [0.3, 0.4) is 0 Å². The van der Waals surface area contributed by atoms with Crippen LogP contribution in [0, 0.1) is 11.7 Å². The first-order valence-electron chi connectivity index (χ1n) is 4.53. The number of phenols is 1. The monoisotopic (exact) mass is 215 g/mol. The Kier molecular flexibility index (Phi) is 2.37. The van der Waals surface area contributed by atoms with E-state index in [9.17, 15) is 9.50 Å². The fourth-order valence-corrected chi connectivity index (χ4v) is 1.76. The zero-order valence-corrected chi connectivity index (χ0v) is 8.26. The minimum atomic E-state index is -0.459. The average Bonchev–Trinajstić information content (AvgIpc) is 2.93. The van der Waals surface area contributed by atoms with Gasteiger partial charge in [-0.2, -0.15) is 0 Å². The molecule has 0 radical (unpaired) electrons. The third-order valence-electron chi connectivity index (χ3n) is 2.55. The summed E-state index contributed by atoms with van der Waals surface area (Å²) in [6, 6.07) is 2.03. The molecule has 2 nitrogen and oxygen atoms in total. The SMILES string of the molecule is NC(c1cc(F)cc(Cl)c1O)C1CC1. The smallest absolute Gasteiger partial charge is 0.139 e. The van der Waals surface area contributed by atoms with Crippen LogP contribution in [0.25, 0.3) is 0 Å². The number of benzene rings is 1. The quantitative estimate of drug-likeness (QED) is 0.797. The Morgan fingerprint density at radius 3 is 2.71 bits per heavy atom. The third kappa shape index (κ3) is 1.70. The Labute approximate surface area is 86.5 Å². The molecule has 0 spiro atoms. The van der Waals surface area contributed by atoms with Crippen molar-refractivity contribution >= 4 is 11.6 Å². The summed E-state index contributed by atoms with van der Waals surface area (Å²) in [5, 5.41) is 9.61. The lowest BCUT2D eigenvalue weighted by Gasteiger charge is -2.13. The van der Waals surface area contributed by atoms with E-state index < -0.39 is 5.82 Å². The van der Waals surface area contributed by atoms with Crippen LogP contribution >= 0.6 is 11.6 Å². The van der Waals surface area contributed by atoms with Crippen LogP contribution in [0.15, 0.2) is 12.1 Å². The van der Waals surface area contributed by atoms with Crippen LogP contribution in [0.4, 0.5) is 4.39 Å². The highest BCUT2D eigenvalue weighted by Crippen LogP contribution is 2.43. The fraction of sp³-hybridized carbons (Fsp3) is 0.400. The average molecular weight is 216 g/mol. The minimum Gasteiger partial charge on any atom is -0.506 e. The second-order valence-corrected chi connectivity index (χ2v) is 4.10. The lowest BCUT2D eigenvalue weighted by molar-refractivity contribution is 0.453. The van der Waals surface area contributed by atoms with Gasteiger partial charge in [-0.1, -0.05) is 11.6 Å². The number of hydrogen-bond acceptors (Lipinski definition) is 2. The zero-order chi connectivity index (χ0) is 10.3. The molecule has 0 bridgehead atoms. The van der Waals surface area contributed by atoms with Crippen LogP contribution in [-0.2, 0) is 0 Å². The van der Waals surface area contributed by atoms with Crippen molar-refractivity contribution in [3.63, 3.8) is 0 Å². The van der Waals surface area contributed by atoms with E-state index in [0.29, 0.717) is 11.5 Å². The lowest BCUT2D eigenvalue weighted by atomic mass is 10.0. The van der Waals surface area contributed by atoms with Gasteiger partial charge in [0.25, 0.3) is 0 Å². The third-order valence-corrected chi connectivity index (χ3v) is 2.83. The molecule has 2 rings (SSSR count). The molecule has 1 aliphatic rings. The summed E-state index contributed by atoms with van der Waals surface area (Å²) in [7, 11) is 0. The van der Waals surface area contributed by atoms with Crippen LogP contribution < -0.4 is 5.73 Å². The van der Waals surface area contributed by atoms with Gasteiger partial charge >= 0.3 is 0 Å². The van der Waals surface area contributed by atoms with E-state index in [-0.39, 0.29) is 16.8 Å². The van der Waals surface area contributed by atoms with Gasteiger partial charge < -0.3 is 10.8 Å². The van der Waals surface area contributed by atoms with Gasteiger partial charge in [0.05, 0.1) is 5.02 Å². The lowest BCUT2D eigenvalue weighted by Crippen LogP contribution is -2.12. The molecular weight excluding hydrogens is 205 g/mol. The Morgan fingerprint density at radius 2 is 2.14 bits per heavy atom. The number of nitrogens with two attached hydrogens (primary N) is 1. The summed E-state index contributed by atoms with van der Waals surface area (Å²) in [5.41, 5.74) is 6.27. The Bertz CT molecular complexity index is 365. The second-order valence-electron chi connectivity index (χ2n) is 3.69. The van der Waals surface area contributed by atoms with Crippen molar-refractivity contribution in [1.82, 2.24) is 0 Å². The maximum atomic E-state index is 13.0. The maximum absolute atomic E-state index is 13.0. The van der Waals surface area contributed by atoms with E-state index in [1.165, 1.54) is 6.07 Å². The standard InChI is InChI=1S/C10H11ClFNO/c11-8-4-6(12)3-7(10(8)14)9(13)5-1-2-5/h3-5,9,14H,1-2,13H2. The first-order valence-corrected chi connectivity index (χ1v) is 4.91. The highest BCUT2D eigenvalue weighted by Gasteiger charge is 2.31. The van der Waals surface area contributed by atoms with E-state index >= 15 is 0 Å². The molecule has 76 valence electrons. The topological polar surface area (TPSA) is 46.2 Å². The summed E-state index contributed by atoms with van der Waals surface area (Å²) in [6.45, 7) is 0. The van der Waals surface area contributed by atoms with Gasteiger partial charge in [-0.15, -0.1) is 0 Å². The molecule has 0 heterocycles. The molecule has 4 heteroatoms. The molecule has 1 aromatic rings. The minimum absolute atomic E-state index is 0.0242. The Morgan fingerprint density at radius 1 is 1.50 bits per heavy atom. The van der Waals surface area contributed by atoms with Crippen molar-refractivity contribution in [2.75, 3.05) is 0 Å². The van der Waals surface area contributed by atoms with Crippen molar-refractivity contribution in [2.45, 2.75) is 18.9 Å². The first-order chi connectivity index (χ1) is 6.59. The van der Waals surface area contributed by atoms with Gasteiger partial charge in [0.15, 0.2) is 0 Å². The molecule has 1 aliphatic carbocycles. The normalized spacial score (nSPS) is 18.2. The molecule has 0 aromatic heterocycles. The number of hydrogen-bond donors (Lipinski definition) is 2. The number of phenolic OH excluding ortho intramolecular Hbond substituents is 1. The summed E-state index contributed by atoms with van der Waals surface area (Å²) >= 11 is 5.64. The van der Waals surface area contributed by atoms with Crippen molar-refractivity contribution in [2.24, 2.45) is 11.7 Å². The second kappa shape index (κ2) is 3.41. The van der Waals surface area contributed by atoms with Gasteiger partial charge in [-0.05, 0) is 30.9 Å². The largest absolute Gasteiger partial charge is 0.506 e. The summed E-state index contributed by atoms with van der Waals surface area (Å²) < 4.78 is 13.0. The molecule has 1 aromatic carbocycles. The van der Waals surface area contributed by atoms with Crippen LogP contribution in [0.2, 0.25) is 5.02 Å². The maximum Gasteiger partial charge on any atom is 0.139 e. The van der Waals surface area contributed by atoms with E-state index in [0.717, 1.165) is 18.9 Å². The number of rotatable bonds is 2. The first kappa shape index (κ1) is 9.74. The number of aromatic hydroxyl groups is 1. The highest BCUT2D eigenvalue weighted by atomic mass is 35.5. The molecule has 0 aliphatic heterocycles. The van der Waals surface area contributed by atoms with Crippen molar-refractivity contribution in [1.29, 1.82) is 0 Å². The number of halogens is 2. The molecule has 0 amide bonds. The molecular formula is C10H11ClFNO. The van der Waals surface area contributed by atoms with E-state index in [1.807, 2.05) is 0 Å². The van der Waals surface area contributed by atoms with Gasteiger partial charge in [-0.3, -0.25) is 0 Å². The highest BCUT2D eigenvalue weighted by molar-refractivity contribution is 6.32. The van der Waals surface area contributed by atoms with E-state index in [4.69, 9.17) is 17.3 Å².